The van der Waals surface area contributed by atoms with E-state index >= 15 is 0 Å². The number of fused-ring (bicyclic) bond motifs is 1. The van der Waals surface area contributed by atoms with Gasteiger partial charge in [-0.2, -0.15) is 0 Å². The van der Waals surface area contributed by atoms with E-state index in [1.54, 1.807) is 36.4 Å². The van der Waals surface area contributed by atoms with Crippen molar-refractivity contribution in [1.82, 2.24) is 4.98 Å². The molecule has 20 heavy (non-hydrogen) atoms. The van der Waals surface area contributed by atoms with E-state index in [2.05, 4.69) is 15.0 Å². The fraction of sp³-hybridized carbons (Fsp3) is 0. The van der Waals surface area contributed by atoms with Crippen LogP contribution in [0.2, 0.25) is 10.0 Å². The lowest BCUT2D eigenvalue weighted by Gasteiger charge is -1.98. The quantitative estimate of drug-likeness (QED) is 0.344. The van der Waals surface area contributed by atoms with Crippen LogP contribution in [0.25, 0.3) is 33.0 Å². The Bertz CT molecular complexity index is 853. The second-order valence-electron chi connectivity index (χ2n) is 3.98. The van der Waals surface area contributed by atoms with Gasteiger partial charge in [-0.25, -0.2) is 4.98 Å². The number of azide groups is 1. The van der Waals surface area contributed by atoms with Crippen molar-refractivity contribution < 1.29 is 4.42 Å². The van der Waals surface area contributed by atoms with E-state index in [1.165, 1.54) is 0 Å². The molecule has 0 radical (unpaired) electrons. The van der Waals surface area contributed by atoms with Crippen molar-refractivity contribution in [2.75, 3.05) is 0 Å². The fourth-order valence-corrected chi connectivity index (χ4v) is 2.30. The number of hydrogen-bond acceptors (Lipinski definition) is 3. The molecule has 7 heteroatoms. The Morgan fingerprint density at radius 3 is 2.75 bits per heavy atom. The fourth-order valence-electron chi connectivity index (χ4n) is 1.81. The number of nitrogens with zero attached hydrogens (tertiary/aromatic N) is 4. The van der Waals surface area contributed by atoms with Crippen LogP contribution < -0.4 is 0 Å². The summed E-state index contributed by atoms with van der Waals surface area (Å²) in [6.45, 7) is 0. The van der Waals surface area contributed by atoms with Crippen LogP contribution in [0.4, 0.5) is 5.69 Å². The first-order chi connectivity index (χ1) is 9.67. The lowest BCUT2D eigenvalue weighted by atomic mass is 10.2. The third-order valence-corrected chi connectivity index (χ3v) is 3.24. The molecule has 98 valence electrons. The number of oxazole rings is 1. The molecule has 2 aromatic carbocycles. The largest absolute Gasteiger partial charge is 0.436 e. The van der Waals surface area contributed by atoms with Gasteiger partial charge in [0, 0.05) is 15.6 Å². The van der Waals surface area contributed by atoms with E-state index in [4.69, 9.17) is 33.2 Å². The number of aromatic nitrogens is 1. The van der Waals surface area contributed by atoms with Gasteiger partial charge in [-0.1, -0.05) is 28.3 Å². The van der Waals surface area contributed by atoms with Crippen LogP contribution in [0, 0.1) is 0 Å². The molecule has 3 rings (SSSR count). The average molecular weight is 305 g/mol. The third kappa shape index (κ3) is 2.30. The Morgan fingerprint density at radius 2 is 2.00 bits per heavy atom. The monoisotopic (exact) mass is 304 g/mol. The molecule has 0 aliphatic rings. The molecule has 0 atom stereocenters. The molecule has 0 bridgehead atoms. The zero-order chi connectivity index (χ0) is 14.1. The maximum absolute atomic E-state index is 8.42. The second kappa shape index (κ2) is 5.06. The zero-order valence-corrected chi connectivity index (χ0v) is 11.4. The molecule has 5 nitrogen and oxygen atoms in total. The summed E-state index contributed by atoms with van der Waals surface area (Å²) in [6.07, 6.45) is 0. The van der Waals surface area contributed by atoms with Crippen molar-refractivity contribution in [3.05, 3.63) is 56.9 Å². The second-order valence-corrected chi connectivity index (χ2v) is 4.83. The SMILES string of the molecule is [N-]=[N+]=Nc1ccc2oc(-c3ccc(Cl)cc3Cl)nc2c1. The van der Waals surface area contributed by atoms with Gasteiger partial charge in [-0.15, -0.1) is 0 Å². The zero-order valence-electron chi connectivity index (χ0n) is 9.92. The number of rotatable bonds is 2. The van der Waals surface area contributed by atoms with Crippen molar-refractivity contribution in [2.24, 2.45) is 5.11 Å². The Hall–Kier alpha value is -2.20. The number of halogens is 2. The summed E-state index contributed by atoms with van der Waals surface area (Å²) in [5, 5.41) is 4.52. The summed E-state index contributed by atoms with van der Waals surface area (Å²) < 4.78 is 5.63. The number of hydrogen-bond donors (Lipinski definition) is 0. The predicted molar refractivity (Wildman–Crippen MR) is 78.3 cm³/mol. The van der Waals surface area contributed by atoms with Gasteiger partial charge in [0.15, 0.2) is 5.58 Å². The van der Waals surface area contributed by atoms with Gasteiger partial charge in [0.1, 0.15) is 5.52 Å². The molecule has 0 saturated heterocycles. The number of benzene rings is 2. The molecule has 0 N–H and O–H groups in total. The van der Waals surface area contributed by atoms with Crippen molar-refractivity contribution in [3.63, 3.8) is 0 Å². The molecule has 3 aromatic rings. The minimum Gasteiger partial charge on any atom is -0.436 e. The Balaban J connectivity index is 2.15. The molecule has 0 aliphatic carbocycles. The van der Waals surface area contributed by atoms with E-state index in [-0.39, 0.29) is 0 Å². The van der Waals surface area contributed by atoms with Crippen LogP contribution in [0.5, 0.6) is 0 Å². The van der Waals surface area contributed by atoms with Gasteiger partial charge in [-0.3, -0.25) is 0 Å². The highest BCUT2D eigenvalue weighted by Gasteiger charge is 2.12. The van der Waals surface area contributed by atoms with Gasteiger partial charge < -0.3 is 4.42 Å². The van der Waals surface area contributed by atoms with Crippen LogP contribution in [0.15, 0.2) is 45.9 Å². The first-order valence-corrected chi connectivity index (χ1v) is 6.34. The van der Waals surface area contributed by atoms with Gasteiger partial charge in [0.2, 0.25) is 5.89 Å². The lowest BCUT2D eigenvalue weighted by molar-refractivity contribution is 0.620. The maximum Gasteiger partial charge on any atom is 0.228 e. The Labute approximate surface area is 123 Å². The molecule has 0 saturated carbocycles. The minimum absolute atomic E-state index is 0.389. The van der Waals surface area contributed by atoms with Crippen molar-refractivity contribution in [2.45, 2.75) is 0 Å². The molecule has 1 aromatic heterocycles. The molecule has 0 spiro atoms. The molecular formula is C13H6Cl2N4O. The van der Waals surface area contributed by atoms with Gasteiger partial charge in [0.05, 0.1) is 10.6 Å². The van der Waals surface area contributed by atoms with Gasteiger partial charge in [-0.05, 0) is 41.9 Å². The third-order valence-electron chi connectivity index (χ3n) is 2.69. The van der Waals surface area contributed by atoms with E-state index in [9.17, 15) is 0 Å². The smallest absolute Gasteiger partial charge is 0.228 e. The summed E-state index contributed by atoms with van der Waals surface area (Å²) in [7, 11) is 0. The molecule has 0 aliphatic heterocycles. The standard InChI is InChI=1S/C13H6Cl2N4O/c14-7-1-3-9(10(15)5-7)13-17-11-6-8(18-19-16)2-4-12(11)20-13/h1-6H. The van der Waals surface area contributed by atoms with E-state index < -0.39 is 0 Å². The summed E-state index contributed by atoms with van der Waals surface area (Å²) in [6, 6.07) is 10.1. The summed E-state index contributed by atoms with van der Waals surface area (Å²) in [4.78, 5) is 7.07. The topological polar surface area (TPSA) is 74.8 Å². The van der Waals surface area contributed by atoms with Crippen LogP contribution in [-0.4, -0.2) is 4.98 Å². The molecule has 0 unspecified atom stereocenters. The lowest BCUT2D eigenvalue weighted by Crippen LogP contribution is -1.79. The van der Waals surface area contributed by atoms with Crippen molar-refractivity contribution in [3.8, 4) is 11.5 Å². The van der Waals surface area contributed by atoms with E-state index in [0.717, 1.165) is 0 Å². The highest BCUT2D eigenvalue weighted by Crippen LogP contribution is 2.32. The Kier molecular flexibility index (Phi) is 3.24. The van der Waals surface area contributed by atoms with Gasteiger partial charge >= 0.3 is 0 Å². The molecule has 0 amide bonds. The molecular weight excluding hydrogens is 299 g/mol. The first kappa shape index (κ1) is 12.8. The van der Waals surface area contributed by atoms with Crippen LogP contribution in [0.3, 0.4) is 0 Å². The van der Waals surface area contributed by atoms with Crippen LogP contribution in [-0.2, 0) is 0 Å². The predicted octanol–water partition coefficient (Wildman–Crippen LogP) is 5.74. The molecule has 1 heterocycles. The van der Waals surface area contributed by atoms with Crippen molar-refractivity contribution >= 4 is 40.0 Å². The highest BCUT2D eigenvalue weighted by molar-refractivity contribution is 6.36. The molecule has 0 fully saturated rings. The first-order valence-electron chi connectivity index (χ1n) is 5.58. The highest BCUT2D eigenvalue weighted by atomic mass is 35.5. The normalized spacial score (nSPS) is 10.5. The van der Waals surface area contributed by atoms with Crippen molar-refractivity contribution in [1.29, 1.82) is 0 Å². The summed E-state index contributed by atoms with van der Waals surface area (Å²) >= 11 is 12.0. The Morgan fingerprint density at radius 1 is 1.15 bits per heavy atom. The average Bonchev–Trinajstić information content (AvgIpc) is 2.81. The van der Waals surface area contributed by atoms with E-state index in [0.29, 0.717) is 38.3 Å². The maximum atomic E-state index is 8.42. The summed E-state index contributed by atoms with van der Waals surface area (Å²) in [5.41, 5.74) is 10.7. The van der Waals surface area contributed by atoms with Crippen LogP contribution >= 0.6 is 23.2 Å². The van der Waals surface area contributed by atoms with Gasteiger partial charge in [0.25, 0.3) is 0 Å². The summed E-state index contributed by atoms with van der Waals surface area (Å²) in [5.74, 6) is 0.389. The van der Waals surface area contributed by atoms with Crippen LogP contribution in [0.1, 0.15) is 0 Å². The minimum atomic E-state index is 0.389. The van der Waals surface area contributed by atoms with E-state index in [1.807, 2.05) is 0 Å².